The van der Waals surface area contributed by atoms with Crippen LogP contribution < -0.4 is 15.6 Å². The first-order valence-corrected chi connectivity index (χ1v) is 13.3. The third kappa shape index (κ3) is 3.43. The predicted molar refractivity (Wildman–Crippen MR) is 108 cm³/mol. The van der Waals surface area contributed by atoms with E-state index in [9.17, 15) is 0 Å². The van der Waals surface area contributed by atoms with Gasteiger partial charge in [0.05, 0.1) is 0 Å². The lowest BCUT2D eigenvalue weighted by Gasteiger charge is -2.38. The van der Waals surface area contributed by atoms with Gasteiger partial charge in [0.2, 0.25) is 0 Å². The molecule has 121 valence electrons. The maximum atomic E-state index is 6.95. The molecule has 0 saturated carbocycles. The molecule has 0 aliphatic rings. The fraction of sp³-hybridized carbons (Fsp3) is 0.0952. The van der Waals surface area contributed by atoms with Gasteiger partial charge in [0.1, 0.15) is 0 Å². The van der Waals surface area contributed by atoms with Crippen LogP contribution in [0, 0.1) is 6.55 Å². The largest absolute Gasteiger partial charge is 0.446 e. The first kappa shape index (κ1) is 16.9. The van der Waals surface area contributed by atoms with Gasteiger partial charge in [-0.2, -0.15) is 0 Å². The molecule has 0 amide bonds. The van der Waals surface area contributed by atoms with Crippen molar-refractivity contribution in [2.24, 2.45) is 0 Å². The monoisotopic (exact) mass is 347 g/mol. The molecule has 0 saturated heterocycles. The molecule has 24 heavy (non-hydrogen) atoms. The number of hydrogen-bond acceptors (Lipinski definition) is 1. The summed E-state index contributed by atoms with van der Waals surface area (Å²) in [7, 11) is -4.59. The standard InChI is InChI=1S/C21H23OSi2/c1-23(2,3)22-24(19-13-7-4-8-14-19,20-15-9-5-10-16-20)21-17-11-6-12-18-21/h4-18H,1H2,2-3H3. The van der Waals surface area contributed by atoms with Crippen molar-refractivity contribution in [3.8, 4) is 0 Å². The van der Waals surface area contributed by atoms with Crippen molar-refractivity contribution in [3.63, 3.8) is 0 Å². The quantitative estimate of drug-likeness (QED) is 0.508. The smallest absolute Gasteiger partial charge is 0.278 e. The van der Waals surface area contributed by atoms with Crippen LogP contribution in [0.25, 0.3) is 0 Å². The topological polar surface area (TPSA) is 9.23 Å². The molecule has 0 unspecified atom stereocenters. The second kappa shape index (κ2) is 6.89. The molecular weight excluding hydrogens is 324 g/mol. The van der Waals surface area contributed by atoms with E-state index in [1.54, 1.807) is 0 Å². The third-order valence-corrected chi connectivity index (χ3v) is 10.8. The highest BCUT2D eigenvalue weighted by Gasteiger charge is 2.44. The molecule has 0 spiro atoms. The minimum absolute atomic E-state index is 1.27. The second-order valence-electron chi connectivity index (χ2n) is 6.64. The lowest BCUT2D eigenvalue weighted by molar-refractivity contribution is 0.585. The Morgan fingerprint density at radius 3 is 1.12 bits per heavy atom. The molecule has 0 aromatic heterocycles. The normalized spacial score (nSPS) is 12.1. The molecule has 0 aliphatic carbocycles. The summed E-state index contributed by atoms with van der Waals surface area (Å²) in [5.41, 5.74) is 0. The summed E-state index contributed by atoms with van der Waals surface area (Å²) in [5, 5.41) is 3.81. The minimum atomic E-state index is -2.56. The van der Waals surface area contributed by atoms with E-state index in [0.29, 0.717) is 0 Å². The van der Waals surface area contributed by atoms with Crippen LogP contribution in [0.5, 0.6) is 0 Å². The van der Waals surface area contributed by atoms with Crippen LogP contribution >= 0.6 is 0 Å². The maximum Gasteiger partial charge on any atom is 0.278 e. The highest BCUT2D eigenvalue weighted by Crippen LogP contribution is 2.15. The Morgan fingerprint density at radius 2 is 0.875 bits per heavy atom. The fourth-order valence-corrected chi connectivity index (χ4v) is 10.8. The van der Waals surface area contributed by atoms with Crippen LogP contribution in [0.2, 0.25) is 13.1 Å². The SMILES string of the molecule is [CH2][Si](C)(C)O[Si](c1ccccc1)(c1ccccc1)c1ccccc1. The second-order valence-corrected chi connectivity index (χ2v) is 14.1. The fourth-order valence-electron chi connectivity index (χ4n) is 3.11. The molecule has 0 N–H and O–H groups in total. The zero-order chi connectivity index (χ0) is 17.0. The average Bonchev–Trinajstić information content (AvgIpc) is 2.61. The maximum absolute atomic E-state index is 6.95. The van der Waals surface area contributed by atoms with Gasteiger partial charge in [-0.1, -0.05) is 91.0 Å². The number of benzene rings is 3. The van der Waals surface area contributed by atoms with Gasteiger partial charge in [-0.15, -0.1) is 0 Å². The van der Waals surface area contributed by atoms with Crippen LogP contribution in [-0.2, 0) is 4.12 Å². The molecule has 0 atom stereocenters. The highest BCUT2D eigenvalue weighted by atomic mass is 28.4. The highest BCUT2D eigenvalue weighted by molar-refractivity contribution is 7.10. The van der Waals surface area contributed by atoms with E-state index in [2.05, 4.69) is 111 Å². The van der Waals surface area contributed by atoms with E-state index in [1.807, 2.05) is 0 Å². The van der Waals surface area contributed by atoms with E-state index in [1.165, 1.54) is 15.6 Å². The Hall–Kier alpha value is -1.95. The lowest BCUT2D eigenvalue weighted by Crippen LogP contribution is -2.72. The number of hydrogen-bond donors (Lipinski definition) is 0. The first-order valence-electron chi connectivity index (χ1n) is 8.24. The van der Waals surface area contributed by atoms with Gasteiger partial charge >= 0.3 is 0 Å². The van der Waals surface area contributed by atoms with E-state index in [-0.39, 0.29) is 0 Å². The van der Waals surface area contributed by atoms with Gasteiger partial charge < -0.3 is 4.12 Å². The third-order valence-electron chi connectivity index (χ3n) is 3.97. The summed E-state index contributed by atoms with van der Waals surface area (Å²) < 4.78 is 6.95. The van der Waals surface area contributed by atoms with Crippen LogP contribution in [0.4, 0.5) is 0 Å². The number of rotatable bonds is 5. The Labute approximate surface area is 147 Å². The average molecular weight is 348 g/mol. The van der Waals surface area contributed by atoms with Gasteiger partial charge in [-0.3, -0.25) is 0 Å². The van der Waals surface area contributed by atoms with Gasteiger partial charge in [0.15, 0.2) is 8.32 Å². The van der Waals surface area contributed by atoms with Gasteiger partial charge in [-0.25, -0.2) is 0 Å². The molecule has 3 heteroatoms. The van der Waals surface area contributed by atoms with Crippen molar-refractivity contribution in [1.82, 2.24) is 0 Å². The van der Waals surface area contributed by atoms with Crippen molar-refractivity contribution in [1.29, 1.82) is 0 Å². The minimum Gasteiger partial charge on any atom is -0.446 e. The van der Waals surface area contributed by atoms with Crippen LogP contribution in [0.1, 0.15) is 0 Å². The van der Waals surface area contributed by atoms with Crippen molar-refractivity contribution < 1.29 is 4.12 Å². The molecule has 0 bridgehead atoms. The lowest BCUT2D eigenvalue weighted by atomic mass is 10.3. The Bertz CT molecular complexity index is 669. The van der Waals surface area contributed by atoms with E-state index in [4.69, 9.17) is 4.12 Å². The Kier molecular flexibility index (Phi) is 4.85. The predicted octanol–water partition coefficient (Wildman–Crippen LogP) is 3.25. The first-order chi connectivity index (χ1) is 11.5. The molecule has 1 radical (unpaired) electrons. The molecular formula is C21H23OSi2. The molecule has 0 heterocycles. The van der Waals surface area contributed by atoms with E-state index in [0.717, 1.165) is 0 Å². The molecule has 3 rings (SSSR count). The van der Waals surface area contributed by atoms with Crippen LogP contribution in [-0.4, -0.2) is 16.6 Å². The zero-order valence-electron chi connectivity index (χ0n) is 14.3. The van der Waals surface area contributed by atoms with Gasteiger partial charge in [0, 0.05) is 0 Å². The van der Waals surface area contributed by atoms with Crippen molar-refractivity contribution in [2.45, 2.75) is 13.1 Å². The summed E-state index contributed by atoms with van der Waals surface area (Å²) in [5.74, 6) is 0. The summed E-state index contributed by atoms with van der Waals surface area (Å²) >= 11 is 0. The molecule has 3 aromatic carbocycles. The summed E-state index contributed by atoms with van der Waals surface area (Å²) in [6, 6.07) is 32.0. The molecule has 1 nitrogen and oxygen atoms in total. The van der Waals surface area contributed by atoms with Crippen LogP contribution in [0.15, 0.2) is 91.0 Å². The van der Waals surface area contributed by atoms with E-state index >= 15 is 0 Å². The zero-order valence-corrected chi connectivity index (χ0v) is 16.3. The molecule has 3 aromatic rings. The van der Waals surface area contributed by atoms with Gasteiger partial charge in [0.25, 0.3) is 8.32 Å². The van der Waals surface area contributed by atoms with Gasteiger partial charge in [-0.05, 0) is 35.2 Å². The summed E-state index contributed by atoms with van der Waals surface area (Å²) in [6.45, 7) is 8.72. The van der Waals surface area contributed by atoms with Crippen molar-refractivity contribution in [3.05, 3.63) is 97.5 Å². The molecule has 0 fully saturated rings. The Morgan fingerprint density at radius 1 is 0.583 bits per heavy atom. The van der Waals surface area contributed by atoms with Crippen LogP contribution in [0.3, 0.4) is 0 Å². The Balaban J connectivity index is 2.33. The van der Waals surface area contributed by atoms with Crippen molar-refractivity contribution in [2.75, 3.05) is 0 Å². The summed E-state index contributed by atoms with van der Waals surface area (Å²) in [6.07, 6.45) is 0. The summed E-state index contributed by atoms with van der Waals surface area (Å²) in [4.78, 5) is 0. The van der Waals surface area contributed by atoms with E-state index < -0.39 is 16.6 Å². The molecule has 0 aliphatic heterocycles. The van der Waals surface area contributed by atoms with Crippen molar-refractivity contribution >= 4 is 32.2 Å².